The molecule has 4 rings (SSSR count). The Kier molecular flexibility index (Phi) is 2.30. The van der Waals surface area contributed by atoms with Crippen LogP contribution in [0.3, 0.4) is 0 Å². The maximum absolute atomic E-state index is 13.9. The molecule has 0 saturated carbocycles. The van der Waals surface area contributed by atoms with Crippen molar-refractivity contribution >= 4 is 11.6 Å². The van der Waals surface area contributed by atoms with Gasteiger partial charge in [-0.25, -0.2) is 0 Å². The minimum absolute atomic E-state index is 0.0391. The van der Waals surface area contributed by atoms with E-state index in [0.29, 0.717) is 17.2 Å². The second-order valence-electron chi connectivity index (χ2n) is 4.75. The molecule has 21 heavy (non-hydrogen) atoms. The fraction of sp³-hybridized carbons (Fsp3) is 0.214. The Morgan fingerprint density at radius 2 is 2.00 bits per heavy atom. The van der Waals surface area contributed by atoms with Crippen LogP contribution in [0, 0.1) is 0 Å². The Bertz CT molecular complexity index is 714. The zero-order valence-electron chi connectivity index (χ0n) is 10.6. The highest BCUT2D eigenvalue weighted by atomic mass is 19.3. The van der Waals surface area contributed by atoms with Crippen LogP contribution < -0.4 is 14.4 Å². The smallest absolute Gasteiger partial charge is 0.352 e. The molecule has 1 amide bonds. The zero-order valence-corrected chi connectivity index (χ0v) is 10.6. The average Bonchev–Trinajstić information content (AvgIpc) is 3.13. The molecule has 2 aliphatic heterocycles. The van der Waals surface area contributed by atoms with E-state index in [1.807, 2.05) is 0 Å². The van der Waals surface area contributed by atoms with Crippen molar-refractivity contribution in [2.75, 3.05) is 11.7 Å². The molecular weight excluding hydrogens is 284 g/mol. The van der Waals surface area contributed by atoms with Gasteiger partial charge in [-0.05, 0) is 24.3 Å². The number of nitrogens with zero attached hydrogens (tertiary/aromatic N) is 1. The third-order valence-electron chi connectivity index (χ3n) is 3.55. The summed E-state index contributed by atoms with van der Waals surface area (Å²) in [4.78, 5) is 12.8. The SMILES string of the molecule is O=C1N(c2ccc3c(c2)OCO3)C(c2ccco2)C1(F)F. The van der Waals surface area contributed by atoms with Crippen molar-refractivity contribution in [1.29, 1.82) is 0 Å². The van der Waals surface area contributed by atoms with Gasteiger partial charge in [0, 0.05) is 11.8 Å². The number of ether oxygens (including phenoxy) is 2. The fourth-order valence-corrected chi connectivity index (χ4v) is 2.54. The largest absolute Gasteiger partial charge is 0.467 e. The molecule has 1 aromatic heterocycles. The van der Waals surface area contributed by atoms with Crippen molar-refractivity contribution in [3.8, 4) is 11.5 Å². The first-order chi connectivity index (χ1) is 10.1. The van der Waals surface area contributed by atoms with Gasteiger partial charge in [-0.2, -0.15) is 8.78 Å². The Morgan fingerprint density at radius 1 is 1.19 bits per heavy atom. The minimum atomic E-state index is -3.48. The molecule has 0 spiro atoms. The molecule has 7 heteroatoms. The number of fused-ring (bicyclic) bond motifs is 1. The minimum Gasteiger partial charge on any atom is -0.467 e. The number of hydrogen-bond donors (Lipinski definition) is 0. The van der Waals surface area contributed by atoms with E-state index in [1.54, 1.807) is 6.07 Å². The number of β-lactam (4-membered cyclic amide) rings is 1. The number of carbonyl (C=O) groups excluding carboxylic acids is 1. The summed E-state index contributed by atoms with van der Waals surface area (Å²) in [5.41, 5.74) is 0.316. The van der Waals surface area contributed by atoms with Crippen LogP contribution in [0.5, 0.6) is 11.5 Å². The van der Waals surface area contributed by atoms with Crippen LogP contribution in [0.2, 0.25) is 0 Å². The lowest BCUT2D eigenvalue weighted by molar-refractivity contribution is -0.164. The number of rotatable bonds is 2. The number of carbonyl (C=O) groups is 1. The van der Waals surface area contributed by atoms with E-state index < -0.39 is 17.9 Å². The number of furan rings is 1. The number of benzene rings is 1. The molecular formula is C14H9F2NO4. The summed E-state index contributed by atoms with van der Waals surface area (Å²) in [5.74, 6) is -3.75. The highest BCUT2D eigenvalue weighted by Gasteiger charge is 2.66. The summed E-state index contributed by atoms with van der Waals surface area (Å²) in [6.07, 6.45) is 1.30. The topological polar surface area (TPSA) is 51.9 Å². The first-order valence-corrected chi connectivity index (χ1v) is 6.23. The first-order valence-electron chi connectivity index (χ1n) is 6.23. The quantitative estimate of drug-likeness (QED) is 0.799. The van der Waals surface area contributed by atoms with Gasteiger partial charge in [-0.3, -0.25) is 9.69 Å². The van der Waals surface area contributed by atoms with Crippen LogP contribution in [-0.4, -0.2) is 18.6 Å². The number of amides is 1. The predicted molar refractivity (Wildman–Crippen MR) is 66.4 cm³/mol. The molecule has 0 radical (unpaired) electrons. The maximum Gasteiger partial charge on any atom is 0.352 e. The normalized spacial score (nSPS) is 22.3. The molecule has 3 heterocycles. The van der Waals surface area contributed by atoms with Crippen LogP contribution in [0.4, 0.5) is 14.5 Å². The second-order valence-corrected chi connectivity index (χ2v) is 4.75. The van der Waals surface area contributed by atoms with Crippen molar-refractivity contribution in [2.45, 2.75) is 12.0 Å². The van der Waals surface area contributed by atoms with E-state index in [0.717, 1.165) is 4.90 Å². The van der Waals surface area contributed by atoms with Crippen molar-refractivity contribution < 1.29 is 27.5 Å². The molecule has 0 bridgehead atoms. The lowest BCUT2D eigenvalue weighted by Gasteiger charge is -2.45. The molecule has 1 unspecified atom stereocenters. The number of halogens is 2. The lowest BCUT2D eigenvalue weighted by atomic mass is 9.93. The van der Waals surface area contributed by atoms with Crippen LogP contribution in [-0.2, 0) is 4.79 Å². The van der Waals surface area contributed by atoms with E-state index >= 15 is 0 Å². The highest BCUT2D eigenvalue weighted by molar-refractivity contribution is 6.07. The molecule has 2 aromatic rings. The molecule has 1 fully saturated rings. The highest BCUT2D eigenvalue weighted by Crippen LogP contribution is 2.51. The van der Waals surface area contributed by atoms with Gasteiger partial charge in [-0.1, -0.05) is 0 Å². The van der Waals surface area contributed by atoms with E-state index in [2.05, 4.69) is 0 Å². The summed E-state index contributed by atoms with van der Waals surface area (Å²) in [7, 11) is 0. The zero-order chi connectivity index (χ0) is 14.6. The van der Waals surface area contributed by atoms with Gasteiger partial charge >= 0.3 is 11.8 Å². The third-order valence-corrected chi connectivity index (χ3v) is 3.55. The van der Waals surface area contributed by atoms with Gasteiger partial charge in [0.05, 0.1) is 6.26 Å². The molecule has 0 aliphatic carbocycles. The van der Waals surface area contributed by atoms with Gasteiger partial charge in [0.15, 0.2) is 17.5 Å². The Balaban J connectivity index is 1.75. The monoisotopic (exact) mass is 293 g/mol. The van der Waals surface area contributed by atoms with E-state index in [-0.39, 0.29) is 12.6 Å². The number of alkyl halides is 2. The van der Waals surface area contributed by atoms with Gasteiger partial charge in [0.2, 0.25) is 6.79 Å². The summed E-state index contributed by atoms with van der Waals surface area (Å²) < 4.78 is 43.1. The standard InChI is InChI=1S/C14H9F2NO4/c15-14(16)12(10-2-1-5-19-10)17(13(14)18)8-3-4-9-11(6-8)21-7-20-9/h1-6,12H,7H2. The maximum atomic E-state index is 13.9. The average molecular weight is 293 g/mol. The molecule has 0 N–H and O–H groups in total. The molecule has 1 atom stereocenters. The summed E-state index contributed by atoms with van der Waals surface area (Å²) in [6, 6.07) is 6.11. The Labute approximate surface area is 117 Å². The van der Waals surface area contributed by atoms with Crippen LogP contribution in [0.15, 0.2) is 41.0 Å². The molecule has 5 nitrogen and oxygen atoms in total. The van der Waals surface area contributed by atoms with Gasteiger partial charge in [0.25, 0.3) is 0 Å². The van der Waals surface area contributed by atoms with Crippen molar-refractivity contribution in [2.24, 2.45) is 0 Å². The summed E-state index contributed by atoms with van der Waals surface area (Å²) in [6.45, 7) is 0.0739. The molecule has 108 valence electrons. The van der Waals surface area contributed by atoms with E-state index in [4.69, 9.17) is 13.9 Å². The molecule has 2 aliphatic rings. The Morgan fingerprint density at radius 3 is 2.76 bits per heavy atom. The van der Waals surface area contributed by atoms with E-state index in [9.17, 15) is 13.6 Å². The Hall–Kier alpha value is -2.57. The fourth-order valence-electron chi connectivity index (χ4n) is 2.54. The van der Waals surface area contributed by atoms with Gasteiger partial charge in [-0.15, -0.1) is 0 Å². The molecule has 1 saturated heterocycles. The number of hydrogen-bond acceptors (Lipinski definition) is 4. The van der Waals surface area contributed by atoms with Gasteiger partial charge in [0.1, 0.15) is 5.76 Å². The van der Waals surface area contributed by atoms with Crippen LogP contribution in [0.25, 0.3) is 0 Å². The van der Waals surface area contributed by atoms with Gasteiger partial charge < -0.3 is 13.9 Å². The van der Waals surface area contributed by atoms with Crippen molar-refractivity contribution in [3.63, 3.8) is 0 Å². The third kappa shape index (κ3) is 1.57. The lowest BCUT2D eigenvalue weighted by Crippen LogP contribution is -2.64. The predicted octanol–water partition coefficient (Wildman–Crippen LogP) is 2.73. The number of anilines is 1. The van der Waals surface area contributed by atoms with Crippen molar-refractivity contribution in [1.82, 2.24) is 0 Å². The second kappa shape index (κ2) is 3.97. The van der Waals surface area contributed by atoms with E-state index in [1.165, 1.54) is 30.5 Å². The molecule has 1 aromatic carbocycles. The summed E-state index contributed by atoms with van der Waals surface area (Å²) in [5, 5.41) is 0. The first kappa shape index (κ1) is 12.2. The van der Waals surface area contributed by atoms with Crippen molar-refractivity contribution in [3.05, 3.63) is 42.4 Å². The van der Waals surface area contributed by atoms with Crippen LogP contribution >= 0.6 is 0 Å². The van der Waals surface area contributed by atoms with Crippen LogP contribution in [0.1, 0.15) is 11.8 Å². The summed E-state index contributed by atoms with van der Waals surface area (Å²) >= 11 is 0.